The first-order chi connectivity index (χ1) is 10.2. The van der Waals surface area contributed by atoms with E-state index in [1.807, 2.05) is 13.8 Å². The van der Waals surface area contributed by atoms with E-state index in [1.54, 1.807) is 0 Å². The van der Waals surface area contributed by atoms with E-state index in [9.17, 15) is 24.8 Å². The number of fused-ring (bicyclic) bond motifs is 1. The van der Waals surface area contributed by atoms with Crippen molar-refractivity contribution in [2.75, 3.05) is 7.11 Å². The number of ether oxygens (including phenoxy) is 1. The predicted octanol–water partition coefficient (Wildman–Crippen LogP) is 1.51. The summed E-state index contributed by atoms with van der Waals surface area (Å²) in [4.78, 5) is 34.3. The number of amides is 1. The van der Waals surface area contributed by atoms with Gasteiger partial charge in [-0.2, -0.15) is 0 Å². The van der Waals surface area contributed by atoms with E-state index in [2.05, 4.69) is 10.1 Å². The Labute approximate surface area is 128 Å². The van der Waals surface area contributed by atoms with Gasteiger partial charge in [0.2, 0.25) is 5.54 Å². The molecule has 1 unspecified atom stereocenters. The van der Waals surface area contributed by atoms with Crippen molar-refractivity contribution in [3.05, 3.63) is 10.1 Å². The van der Waals surface area contributed by atoms with Gasteiger partial charge in [-0.05, 0) is 24.7 Å². The summed E-state index contributed by atoms with van der Waals surface area (Å²) < 4.78 is 4.56. The monoisotopic (exact) mass is 314 g/mol. The number of alkyl carbamates (subject to hydrolysis) is 1. The SMILES string of the molecule is COC(=O)N[C@@H](CC1([N+](=O)[O-])[C@@H](C(=O)O)C[C@H]2C[C@H]21)C(C)C. The van der Waals surface area contributed by atoms with Crippen LogP contribution in [0.15, 0.2) is 0 Å². The van der Waals surface area contributed by atoms with Crippen molar-refractivity contribution in [1.29, 1.82) is 0 Å². The van der Waals surface area contributed by atoms with Gasteiger partial charge in [0.1, 0.15) is 5.92 Å². The van der Waals surface area contributed by atoms with Crippen LogP contribution in [0.1, 0.15) is 33.1 Å². The molecule has 0 saturated heterocycles. The summed E-state index contributed by atoms with van der Waals surface area (Å²) in [5, 5.41) is 23.8. The highest BCUT2D eigenvalue weighted by Gasteiger charge is 2.73. The summed E-state index contributed by atoms with van der Waals surface area (Å²) in [5.74, 6) is -2.26. The molecule has 22 heavy (non-hydrogen) atoms. The average molecular weight is 314 g/mol. The van der Waals surface area contributed by atoms with Crippen molar-refractivity contribution in [2.45, 2.75) is 44.7 Å². The van der Waals surface area contributed by atoms with Crippen LogP contribution < -0.4 is 5.32 Å². The van der Waals surface area contributed by atoms with Crippen LogP contribution in [0.25, 0.3) is 0 Å². The molecule has 0 aromatic heterocycles. The third-order valence-corrected chi connectivity index (χ3v) is 5.18. The number of carbonyl (C=O) groups excluding carboxylic acids is 1. The van der Waals surface area contributed by atoms with Crippen LogP contribution in [0, 0.1) is 33.8 Å². The maximum atomic E-state index is 11.8. The number of carbonyl (C=O) groups is 2. The van der Waals surface area contributed by atoms with E-state index in [1.165, 1.54) is 7.11 Å². The lowest BCUT2D eigenvalue weighted by molar-refractivity contribution is -0.583. The Morgan fingerprint density at radius 3 is 2.55 bits per heavy atom. The zero-order chi connectivity index (χ0) is 16.7. The van der Waals surface area contributed by atoms with Crippen molar-refractivity contribution in [2.24, 2.45) is 23.7 Å². The molecule has 0 radical (unpaired) electrons. The Morgan fingerprint density at radius 1 is 1.45 bits per heavy atom. The Hall–Kier alpha value is -1.86. The average Bonchev–Trinajstić information content (AvgIpc) is 3.13. The summed E-state index contributed by atoms with van der Waals surface area (Å²) >= 11 is 0. The van der Waals surface area contributed by atoms with Crippen molar-refractivity contribution in [3.8, 4) is 0 Å². The third-order valence-electron chi connectivity index (χ3n) is 5.18. The molecule has 0 aromatic rings. The minimum Gasteiger partial charge on any atom is -0.481 e. The number of methoxy groups -OCH3 is 1. The number of carboxylic acids is 1. The van der Waals surface area contributed by atoms with Crippen LogP contribution in [0.3, 0.4) is 0 Å². The summed E-state index contributed by atoms with van der Waals surface area (Å²) in [6.45, 7) is 3.67. The molecule has 0 aliphatic heterocycles. The quantitative estimate of drug-likeness (QED) is 0.566. The van der Waals surface area contributed by atoms with Gasteiger partial charge in [0.15, 0.2) is 0 Å². The van der Waals surface area contributed by atoms with Crippen molar-refractivity contribution >= 4 is 12.1 Å². The first-order valence-corrected chi connectivity index (χ1v) is 7.45. The Kier molecular flexibility index (Phi) is 4.30. The number of rotatable bonds is 6. The van der Waals surface area contributed by atoms with Crippen LogP contribution in [0.2, 0.25) is 0 Å². The summed E-state index contributed by atoms with van der Waals surface area (Å²) in [6.07, 6.45) is 0.414. The maximum Gasteiger partial charge on any atom is 0.407 e. The number of carboxylic acid groups (broad SMARTS) is 1. The molecule has 2 aliphatic rings. The van der Waals surface area contributed by atoms with Gasteiger partial charge in [0.25, 0.3) is 0 Å². The highest BCUT2D eigenvalue weighted by Crippen LogP contribution is 2.63. The molecule has 0 bridgehead atoms. The molecule has 8 nitrogen and oxygen atoms in total. The lowest BCUT2D eigenvalue weighted by atomic mass is 9.76. The largest absolute Gasteiger partial charge is 0.481 e. The first-order valence-electron chi connectivity index (χ1n) is 7.45. The summed E-state index contributed by atoms with van der Waals surface area (Å²) in [6, 6.07) is -0.501. The molecule has 124 valence electrons. The fourth-order valence-corrected chi connectivity index (χ4v) is 3.85. The lowest BCUT2D eigenvalue weighted by Crippen LogP contribution is -2.54. The van der Waals surface area contributed by atoms with Crippen LogP contribution in [-0.4, -0.2) is 40.8 Å². The molecule has 0 aromatic carbocycles. The molecular weight excluding hydrogens is 292 g/mol. The highest BCUT2D eigenvalue weighted by atomic mass is 16.6. The molecule has 2 fully saturated rings. The summed E-state index contributed by atoms with van der Waals surface area (Å²) in [7, 11) is 1.22. The minimum absolute atomic E-state index is 0.0188. The van der Waals surface area contributed by atoms with E-state index in [4.69, 9.17) is 0 Å². The van der Waals surface area contributed by atoms with Gasteiger partial charge >= 0.3 is 12.1 Å². The Bertz CT molecular complexity index is 494. The smallest absolute Gasteiger partial charge is 0.407 e. The van der Waals surface area contributed by atoms with E-state index >= 15 is 0 Å². The normalized spacial score (nSPS) is 33.9. The molecule has 2 N–H and O–H groups in total. The van der Waals surface area contributed by atoms with Crippen molar-refractivity contribution in [1.82, 2.24) is 5.32 Å². The minimum atomic E-state index is -1.49. The lowest BCUT2D eigenvalue weighted by Gasteiger charge is -2.32. The molecule has 2 rings (SSSR count). The van der Waals surface area contributed by atoms with Crippen LogP contribution in [0.4, 0.5) is 4.79 Å². The number of hydrogen-bond acceptors (Lipinski definition) is 5. The standard InChI is InChI=1S/C14H22N2O6/c1-7(2)11(15-13(19)22-3)6-14(16(20)21)9-4-8(9)5-10(14)12(17)18/h7-11H,4-6H2,1-3H3,(H,15,19)(H,17,18)/t8-,9-,10-,11+,14?/m1/s1. The number of nitro groups is 1. The summed E-state index contributed by atoms with van der Waals surface area (Å²) in [5.41, 5.74) is -1.49. The van der Waals surface area contributed by atoms with E-state index in [0.717, 1.165) is 0 Å². The van der Waals surface area contributed by atoms with E-state index < -0.39 is 34.5 Å². The van der Waals surface area contributed by atoms with Gasteiger partial charge < -0.3 is 15.2 Å². The van der Waals surface area contributed by atoms with E-state index in [-0.39, 0.29) is 24.2 Å². The van der Waals surface area contributed by atoms with Gasteiger partial charge in [0.05, 0.1) is 7.11 Å². The van der Waals surface area contributed by atoms with E-state index in [0.29, 0.717) is 12.8 Å². The molecule has 0 heterocycles. The zero-order valence-corrected chi connectivity index (χ0v) is 12.9. The second-order valence-electron chi connectivity index (χ2n) is 6.67. The third kappa shape index (κ3) is 2.62. The molecule has 5 atom stereocenters. The van der Waals surface area contributed by atoms with Crippen molar-refractivity contribution in [3.63, 3.8) is 0 Å². The van der Waals surface area contributed by atoms with Crippen LogP contribution in [0.5, 0.6) is 0 Å². The molecule has 2 aliphatic carbocycles. The number of aliphatic carboxylic acids is 1. The molecular formula is C14H22N2O6. The number of nitrogens with zero attached hydrogens (tertiary/aromatic N) is 1. The second kappa shape index (κ2) is 5.73. The Morgan fingerprint density at radius 2 is 2.09 bits per heavy atom. The fourth-order valence-electron chi connectivity index (χ4n) is 3.85. The van der Waals surface area contributed by atoms with Gasteiger partial charge in [-0.25, -0.2) is 4.79 Å². The fraction of sp³-hybridized carbons (Fsp3) is 0.857. The first kappa shape index (κ1) is 16.5. The maximum absolute atomic E-state index is 11.8. The van der Waals surface area contributed by atoms with Gasteiger partial charge in [-0.3, -0.25) is 14.9 Å². The molecule has 0 spiro atoms. The van der Waals surface area contributed by atoms with Gasteiger partial charge in [-0.15, -0.1) is 0 Å². The zero-order valence-electron chi connectivity index (χ0n) is 12.9. The van der Waals surface area contributed by atoms with Gasteiger partial charge in [-0.1, -0.05) is 13.8 Å². The van der Waals surface area contributed by atoms with Crippen LogP contribution in [-0.2, 0) is 9.53 Å². The Balaban J connectivity index is 2.28. The number of hydrogen-bond donors (Lipinski definition) is 2. The number of nitrogens with one attached hydrogen (secondary N) is 1. The second-order valence-corrected chi connectivity index (χ2v) is 6.67. The topological polar surface area (TPSA) is 119 Å². The predicted molar refractivity (Wildman–Crippen MR) is 75.8 cm³/mol. The van der Waals surface area contributed by atoms with Crippen LogP contribution >= 0.6 is 0 Å². The highest BCUT2D eigenvalue weighted by molar-refractivity contribution is 5.73. The van der Waals surface area contributed by atoms with Crippen molar-refractivity contribution < 1.29 is 24.4 Å². The molecule has 2 saturated carbocycles. The molecule has 8 heteroatoms. The molecule has 1 amide bonds. The van der Waals surface area contributed by atoms with Gasteiger partial charge in [0, 0.05) is 23.3 Å².